The van der Waals surface area contributed by atoms with Gasteiger partial charge in [0.2, 0.25) is 0 Å². The predicted octanol–water partition coefficient (Wildman–Crippen LogP) is 3.88. The lowest BCUT2D eigenvalue weighted by Gasteiger charge is -2.27. The molecule has 0 aliphatic heterocycles. The maximum absolute atomic E-state index is 12.0. The highest BCUT2D eigenvalue weighted by Crippen LogP contribution is 2.45. The largest absolute Gasteiger partial charge is 0.462 e. The van der Waals surface area contributed by atoms with Gasteiger partial charge in [0.25, 0.3) is 0 Å². The van der Waals surface area contributed by atoms with Crippen molar-refractivity contribution in [1.82, 2.24) is 0 Å². The third kappa shape index (κ3) is 2.82. The predicted molar refractivity (Wildman–Crippen MR) is 84.3 cm³/mol. The molecule has 112 valence electrons. The summed E-state index contributed by atoms with van der Waals surface area (Å²) in [6.07, 6.45) is 7.29. The third-order valence-electron chi connectivity index (χ3n) is 4.78. The van der Waals surface area contributed by atoms with Gasteiger partial charge in [0, 0.05) is 11.7 Å². The van der Waals surface area contributed by atoms with Crippen LogP contribution in [0.1, 0.15) is 37.0 Å². The summed E-state index contributed by atoms with van der Waals surface area (Å²) in [6, 6.07) is 7.99. The highest BCUT2D eigenvalue weighted by Gasteiger charge is 2.38. The van der Waals surface area contributed by atoms with Crippen LogP contribution in [0, 0.1) is 17.8 Å². The van der Waals surface area contributed by atoms with Crippen LogP contribution in [-0.4, -0.2) is 18.6 Å². The van der Waals surface area contributed by atoms with E-state index in [1.165, 1.54) is 12.8 Å². The average Bonchev–Trinajstić information content (AvgIpc) is 3.10. The summed E-state index contributed by atoms with van der Waals surface area (Å²) in [5, 5.41) is 3.54. The minimum atomic E-state index is -0.249. The van der Waals surface area contributed by atoms with E-state index in [1.807, 2.05) is 31.2 Å². The lowest BCUT2D eigenvalue weighted by atomic mass is 9.87. The van der Waals surface area contributed by atoms with Crippen molar-refractivity contribution < 1.29 is 9.53 Å². The van der Waals surface area contributed by atoms with E-state index in [-0.39, 0.29) is 5.97 Å². The molecule has 1 fully saturated rings. The first-order valence-electron chi connectivity index (χ1n) is 7.90. The molecule has 0 aromatic heterocycles. The molecular formula is C18H23NO2. The number of esters is 1. The van der Waals surface area contributed by atoms with Crippen LogP contribution in [0.15, 0.2) is 36.4 Å². The first-order valence-corrected chi connectivity index (χ1v) is 7.90. The number of para-hydroxylation sites is 1. The smallest absolute Gasteiger partial charge is 0.340 e. The van der Waals surface area contributed by atoms with Crippen molar-refractivity contribution in [3.05, 3.63) is 42.0 Å². The topological polar surface area (TPSA) is 38.3 Å². The van der Waals surface area contributed by atoms with E-state index in [2.05, 4.69) is 24.4 Å². The van der Waals surface area contributed by atoms with Crippen LogP contribution in [-0.2, 0) is 4.74 Å². The quantitative estimate of drug-likeness (QED) is 0.659. The number of nitrogens with one attached hydrogen (secondary N) is 1. The molecule has 4 unspecified atom stereocenters. The van der Waals surface area contributed by atoms with Crippen molar-refractivity contribution in [3.63, 3.8) is 0 Å². The number of carbonyl (C=O) groups is 1. The molecule has 2 aliphatic rings. The van der Waals surface area contributed by atoms with Crippen LogP contribution in [0.5, 0.6) is 0 Å². The van der Waals surface area contributed by atoms with Gasteiger partial charge in [-0.25, -0.2) is 4.79 Å². The fourth-order valence-corrected chi connectivity index (χ4v) is 3.75. The van der Waals surface area contributed by atoms with Crippen molar-refractivity contribution in [2.45, 2.75) is 32.7 Å². The summed E-state index contributed by atoms with van der Waals surface area (Å²) in [7, 11) is 0. The average molecular weight is 285 g/mol. The maximum atomic E-state index is 12.0. The number of allylic oxidation sites excluding steroid dienone is 2. The number of anilines is 1. The Bertz CT molecular complexity index is 552. The molecule has 3 heteroatoms. The van der Waals surface area contributed by atoms with Crippen LogP contribution < -0.4 is 5.32 Å². The lowest BCUT2D eigenvalue weighted by molar-refractivity contribution is 0.0527. The minimum absolute atomic E-state index is 0.249. The highest BCUT2D eigenvalue weighted by molar-refractivity contribution is 5.95. The summed E-state index contributed by atoms with van der Waals surface area (Å²) < 4.78 is 5.13. The molecule has 0 saturated heterocycles. The van der Waals surface area contributed by atoms with Gasteiger partial charge in [-0.05, 0) is 56.6 Å². The number of rotatable bonds is 5. The van der Waals surface area contributed by atoms with Gasteiger partial charge in [-0.15, -0.1) is 0 Å². The van der Waals surface area contributed by atoms with Crippen LogP contribution >= 0.6 is 0 Å². The number of fused-ring (bicyclic) bond motifs is 2. The lowest BCUT2D eigenvalue weighted by Crippen LogP contribution is -2.29. The Labute approximate surface area is 126 Å². The second kappa shape index (κ2) is 5.92. The molecule has 2 aliphatic carbocycles. The molecule has 3 nitrogen and oxygen atoms in total. The Balaban J connectivity index is 1.72. The Morgan fingerprint density at radius 2 is 2.14 bits per heavy atom. The molecule has 1 aromatic rings. The summed E-state index contributed by atoms with van der Waals surface area (Å²) in [4.78, 5) is 12.0. The Hall–Kier alpha value is -1.77. The fraction of sp³-hybridized carbons (Fsp3) is 0.500. The van der Waals surface area contributed by atoms with Gasteiger partial charge in [0.05, 0.1) is 12.2 Å². The number of hydrogen-bond donors (Lipinski definition) is 1. The first kappa shape index (κ1) is 14.2. The van der Waals surface area contributed by atoms with Crippen molar-refractivity contribution in [2.24, 2.45) is 17.8 Å². The molecule has 4 atom stereocenters. The second-order valence-corrected chi connectivity index (χ2v) is 6.14. The van der Waals surface area contributed by atoms with E-state index >= 15 is 0 Å². The zero-order valence-corrected chi connectivity index (χ0v) is 12.7. The van der Waals surface area contributed by atoms with Gasteiger partial charge in [-0.1, -0.05) is 24.3 Å². The Morgan fingerprint density at radius 1 is 1.33 bits per heavy atom. The number of benzene rings is 1. The third-order valence-corrected chi connectivity index (χ3v) is 4.78. The molecule has 21 heavy (non-hydrogen) atoms. The summed E-state index contributed by atoms with van der Waals surface area (Å²) in [5.74, 6) is 1.88. The van der Waals surface area contributed by atoms with Gasteiger partial charge in [0.15, 0.2) is 0 Å². The molecule has 3 rings (SSSR count). The molecule has 0 spiro atoms. The fourth-order valence-electron chi connectivity index (χ4n) is 3.75. The van der Waals surface area contributed by atoms with E-state index < -0.39 is 0 Å². The SMILES string of the molecule is CCOC(=O)c1ccccc1NC(C)C1CC2C=CC1C2. The molecule has 0 heterocycles. The van der Waals surface area contributed by atoms with Crippen LogP contribution in [0.4, 0.5) is 5.69 Å². The van der Waals surface area contributed by atoms with Gasteiger partial charge in [-0.3, -0.25) is 0 Å². The number of ether oxygens (including phenoxy) is 1. The summed E-state index contributed by atoms with van der Waals surface area (Å²) in [5.41, 5.74) is 1.51. The minimum Gasteiger partial charge on any atom is -0.462 e. The first-order chi connectivity index (χ1) is 10.2. The van der Waals surface area contributed by atoms with E-state index in [1.54, 1.807) is 0 Å². The molecular weight excluding hydrogens is 262 g/mol. The Kier molecular flexibility index (Phi) is 4.00. The Morgan fingerprint density at radius 3 is 2.81 bits per heavy atom. The molecule has 0 radical (unpaired) electrons. The van der Waals surface area contributed by atoms with Gasteiger partial charge in [-0.2, -0.15) is 0 Å². The standard InChI is InChI=1S/C18H23NO2/c1-3-21-18(20)15-6-4-5-7-17(15)19-12(2)16-11-13-8-9-14(16)10-13/h4-9,12-14,16,19H,3,10-11H2,1-2H3. The van der Waals surface area contributed by atoms with Crippen molar-refractivity contribution >= 4 is 11.7 Å². The van der Waals surface area contributed by atoms with E-state index in [4.69, 9.17) is 4.74 Å². The van der Waals surface area contributed by atoms with E-state index in [9.17, 15) is 4.79 Å². The van der Waals surface area contributed by atoms with Gasteiger partial charge >= 0.3 is 5.97 Å². The van der Waals surface area contributed by atoms with Crippen LogP contribution in [0.25, 0.3) is 0 Å². The molecule has 1 saturated carbocycles. The zero-order chi connectivity index (χ0) is 14.8. The van der Waals surface area contributed by atoms with E-state index in [0.29, 0.717) is 30.0 Å². The monoisotopic (exact) mass is 285 g/mol. The zero-order valence-electron chi connectivity index (χ0n) is 12.7. The van der Waals surface area contributed by atoms with E-state index in [0.717, 1.165) is 11.6 Å². The number of carbonyl (C=O) groups excluding carboxylic acids is 1. The summed E-state index contributed by atoms with van der Waals surface area (Å²) >= 11 is 0. The van der Waals surface area contributed by atoms with Gasteiger partial charge in [0.1, 0.15) is 0 Å². The van der Waals surface area contributed by atoms with Crippen molar-refractivity contribution in [1.29, 1.82) is 0 Å². The van der Waals surface area contributed by atoms with Gasteiger partial charge < -0.3 is 10.1 Å². The van der Waals surface area contributed by atoms with Crippen molar-refractivity contribution in [2.75, 3.05) is 11.9 Å². The molecule has 1 aromatic carbocycles. The summed E-state index contributed by atoms with van der Waals surface area (Å²) in [6.45, 7) is 4.46. The van der Waals surface area contributed by atoms with Crippen LogP contribution in [0.2, 0.25) is 0 Å². The molecule has 1 N–H and O–H groups in total. The molecule has 2 bridgehead atoms. The van der Waals surface area contributed by atoms with Crippen LogP contribution in [0.3, 0.4) is 0 Å². The maximum Gasteiger partial charge on any atom is 0.340 e. The second-order valence-electron chi connectivity index (χ2n) is 6.14. The normalized spacial score (nSPS) is 27.6. The molecule has 0 amide bonds. The highest BCUT2D eigenvalue weighted by atomic mass is 16.5. The number of hydrogen-bond acceptors (Lipinski definition) is 3. The van der Waals surface area contributed by atoms with Crippen molar-refractivity contribution in [3.8, 4) is 0 Å².